The van der Waals surface area contributed by atoms with E-state index < -0.39 is 23.5 Å². The van der Waals surface area contributed by atoms with Crippen LogP contribution in [0.25, 0.3) is 5.73 Å². The quantitative estimate of drug-likeness (QED) is 0.627. The number of amides is 1. The number of carbonyl (C=O) groups is 2. The van der Waals surface area contributed by atoms with Gasteiger partial charge in [-0.3, -0.25) is 4.79 Å². The molecule has 0 radical (unpaired) electrons. The zero-order valence-corrected chi connectivity index (χ0v) is 14.1. The number of hydrogen-bond acceptors (Lipinski definition) is 3. The van der Waals surface area contributed by atoms with E-state index in [1.165, 1.54) is 13.8 Å². The van der Waals surface area contributed by atoms with Gasteiger partial charge in [-0.05, 0) is 5.56 Å². The summed E-state index contributed by atoms with van der Waals surface area (Å²) in [5, 5.41) is 11.3. The molecule has 0 saturated heterocycles. The number of ether oxygens (including phenoxy) is 1. The summed E-state index contributed by atoms with van der Waals surface area (Å²) >= 11 is 0. The van der Waals surface area contributed by atoms with Crippen molar-refractivity contribution < 1.29 is 40.5 Å². The largest absolute Gasteiger partial charge is 2.00 e. The topological polar surface area (TPSA) is 99.4 Å². The molecule has 3 N–H and O–H groups in total. The van der Waals surface area contributed by atoms with Crippen molar-refractivity contribution in [3.8, 4) is 0 Å². The molecule has 1 aromatic carbocycles. The van der Waals surface area contributed by atoms with Crippen LogP contribution in [0.4, 0.5) is 0 Å². The van der Waals surface area contributed by atoms with Crippen LogP contribution in [0.2, 0.25) is 0 Å². The van der Waals surface area contributed by atoms with E-state index in [1.54, 1.807) is 0 Å². The maximum absolute atomic E-state index is 11.6. The summed E-state index contributed by atoms with van der Waals surface area (Å²) in [4.78, 5) is 22.6. The summed E-state index contributed by atoms with van der Waals surface area (Å²) in [6, 6.07) is 8.16. The van der Waals surface area contributed by atoms with Crippen LogP contribution in [0.1, 0.15) is 19.4 Å². The third kappa shape index (κ3) is 7.36. The van der Waals surface area contributed by atoms with Gasteiger partial charge in [0.25, 0.3) is 0 Å². The number of aliphatic carboxylic acids is 1. The van der Waals surface area contributed by atoms with Crippen LogP contribution in [-0.2, 0) is 42.0 Å². The fourth-order valence-electron chi connectivity index (χ4n) is 1.38. The summed E-state index contributed by atoms with van der Waals surface area (Å²) in [7, 11) is 0. The normalized spacial score (nSPS) is 12.1. The second kappa shape index (κ2) is 8.92. The minimum Gasteiger partial charge on any atom is -0.664 e. The molecule has 0 heterocycles. The van der Waals surface area contributed by atoms with Crippen LogP contribution in [0.5, 0.6) is 0 Å². The van der Waals surface area contributed by atoms with Crippen molar-refractivity contribution >= 4 is 11.9 Å². The molecule has 0 fully saturated rings. The van der Waals surface area contributed by atoms with Crippen LogP contribution in [-0.4, -0.2) is 35.2 Å². The Hall–Kier alpha value is -1.23. The smallest absolute Gasteiger partial charge is 0.664 e. The van der Waals surface area contributed by atoms with Crippen molar-refractivity contribution in [2.45, 2.75) is 32.0 Å². The number of nitrogens with one attached hydrogen (secondary N) is 2. The predicted octanol–water partition coefficient (Wildman–Crippen LogP) is 1.60. The van der Waals surface area contributed by atoms with E-state index in [4.69, 9.17) is 15.6 Å². The number of carbonyl (C=O) groups excluding carboxylic acids is 1. The molecule has 7 heteroatoms. The first-order valence-corrected chi connectivity index (χ1v) is 6.21. The molecule has 1 unspecified atom stereocenters. The van der Waals surface area contributed by atoms with Crippen molar-refractivity contribution in [1.82, 2.24) is 5.32 Å². The van der Waals surface area contributed by atoms with E-state index in [0.29, 0.717) is 0 Å². The molecule has 118 valence electrons. The average Bonchev–Trinajstić information content (AvgIpc) is 2.37. The standard InChI is InChI=1S/C14H19N2O4.Pt/c1-14(2,15)13(19)16-11(12(17)18)9-20-8-10-6-4-3-5-7-10;/h3-7,11,15H,8-9H2,1-2H3,(H,16,19)(H,17,18);/q-1;+2. The van der Waals surface area contributed by atoms with Crippen LogP contribution in [0.15, 0.2) is 30.3 Å². The molecule has 1 rings (SSSR count). The minimum absolute atomic E-state index is 0. The molecule has 0 aliphatic rings. The van der Waals surface area contributed by atoms with Crippen molar-refractivity contribution in [1.29, 1.82) is 0 Å². The Bertz CT molecular complexity index is 460. The second-order valence-corrected chi connectivity index (χ2v) is 4.99. The third-order valence-corrected chi connectivity index (χ3v) is 2.57. The van der Waals surface area contributed by atoms with Gasteiger partial charge in [0.15, 0.2) is 6.04 Å². The fraction of sp³-hybridized carbons (Fsp3) is 0.429. The summed E-state index contributed by atoms with van der Waals surface area (Å²) in [6.07, 6.45) is 0. The number of benzene rings is 1. The molecular weight excluding hydrogens is 455 g/mol. The molecule has 1 amide bonds. The van der Waals surface area contributed by atoms with Crippen molar-refractivity contribution in [3.63, 3.8) is 0 Å². The first-order valence-electron chi connectivity index (χ1n) is 6.21. The Morgan fingerprint density at radius 2 is 1.90 bits per heavy atom. The molecule has 21 heavy (non-hydrogen) atoms. The molecule has 0 aliphatic heterocycles. The molecule has 0 saturated carbocycles. The number of hydrogen-bond donors (Lipinski definition) is 2. The maximum atomic E-state index is 11.6. The zero-order valence-electron chi connectivity index (χ0n) is 11.9. The van der Waals surface area contributed by atoms with Gasteiger partial charge in [-0.2, -0.15) is 0 Å². The first kappa shape index (κ1) is 19.8. The summed E-state index contributed by atoms with van der Waals surface area (Å²) in [5.41, 5.74) is 7.08. The number of carboxylic acid groups (broad SMARTS) is 1. The van der Waals surface area contributed by atoms with Crippen LogP contribution >= 0.6 is 0 Å². The van der Waals surface area contributed by atoms with Gasteiger partial charge in [-0.1, -0.05) is 49.7 Å². The van der Waals surface area contributed by atoms with Crippen molar-refractivity contribution in [2.75, 3.05) is 6.61 Å². The number of carboxylic acids is 1. The second-order valence-electron chi connectivity index (χ2n) is 4.99. The first-order chi connectivity index (χ1) is 9.30. The Morgan fingerprint density at radius 1 is 1.33 bits per heavy atom. The van der Waals surface area contributed by atoms with E-state index in [2.05, 4.69) is 5.32 Å². The van der Waals surface area contributed by atoms with E-state index in [-0.39, 0.29) is 34.3 Å². The van der Waals surface area contributed by atoms with Crippen LogP contribution in [0, 0.1) is 0 Å². The molecule has 0 aromatic heterocycles. The van der Waals surface area contributed by atoms with Gasteiger partial charge >= 0.3 is 27.0 Å². The van der Waals surface area contributed by atoms with Gasteiger partial charge in [-0.25, -0.2) is 4.79 Å². The molecule has 6 nitrogen and oxygen atoms in total. The Kier molecular flexibility index (Phi) is 8.40. The van der Waals surface area contributed by atoms with Crippen LogP contribution < -0.4 is 5.32 Å². The summed E-state index contributed by atoms with van der Waals surface area (Å²) < 4.78 is 5.30. The summed E-state index contributed by atoms with van der Waals surface area (Å²) in [6.45, 7) is 2.91. The third-order valence-electron chi connectivity index (χ3n) is 2.57. The molecule has 0 bridgehead atoms. The number of rotatable bonds is 7. The average molecular weight is 474 g/mol. The van der Waals surface area contributed by atoms with Crippen LogP contribution in [0.3, 0.4) is 0 Å². The minimum atomic E-state index is -1.38. The molecule has 1 aromatic rings. The van der Waals surface area contributed by atoms with E-state index in [0.717, 1.165) is 5.56 Å². The predicted molar refractivity (Wildman–Crippen MR) is 74.1 cm³/mol. The SMILES string of the molecule is CC(C)([NH-])C(=O)NC(COCc1ccccc1)C(=O)O.[Pt+2]. The molecular formula is C14H19N2O4Pt+. The maximum Gasteiger partial charge on any atom is 2.00 e. The Morgan fingerprint density at radius 3 is 2.38 bits per heavy atom. The molecule has 0 spiro atoms. The van der Waals surface area contributed by atoms with Gasteiger partial charge < -0.3 is 20.9 Å². The molecule has 1 atom stereocenters. The molecule has 0 aliphatic carbocycles. The van der Waals surface area contributed by atoms with Crippen molar-refractivity contribution in [3.05, 3.63) is 41.6 Å². The zero-order chi connectivity index (χ0) is 15.2. The summed E-state index contributed by atoms with van der Waals surface area (Å²) in [5.74, 6) is -1.83. The Balaban J connectivity index is 0.00000400. The Labute approximate surface area is 138 Å². The van der Waals surface area contributed by atoms with Gasteiger partial charge in [0.1, 0.15) is 0 Å². The van der Waals surface area contributed by atoms with Gasteiger partial charge in [0.05, 0.1) is 13.2 Å². The monoisotopic (exact) mass is 474 g/mol. The van der Waals surface area contributed by atoms with E-state index in [9.17, 15) is 9.59 Å². The van der Waals surface area contributed by atoms with Gasteiger partial charge in [0.2, 0.25) is 5.91 Å². The fourth-order valence-corrected chi connectivity index (χ4v) is 1.38. The van der Waals surface area contributed by atoms with E-state index >= 15 is 0 Å². The van der Waals surface area contributed by atoms with Gasteiger partial charge in [0, 0.05) is 0 Å². The van der Waals surface area contributed by atoms with Crippen molar-refractivity contribution in [2.24, 2.45) is 0 Å². The van der Waals surface area contributed by atoms with E-state index in [1.807, 2.05) is 30.3 Å². The van der Waals surface area contributed by atoms with Gasteiger partial charge in [-0.15, -0.1) is 0 Å².